The number of aliphatic hydroxyl groups is 1. The summed E-state index contributed by atoms with van der Waals surface area (Å²) in [5.41, 5.74) is -2.76. The molecule has 1 N–H and O–H groups in total. The van der Waals surface area contributed by atoms with Crippen molar-refractivity contribution < 1.29 is 24.2 Å². The fourth-order valence-electron chi connectivity index (χ4n) is 1.49. The molecule has 118 valence electrons. The third-order valence-corrected chi connectivity index (χ3v) is 2.63. The van der Waals surface area contributed by atoms with Crippen molar-refractivity contribution in [2.24, 2.45) is 5.41 Å². The molecule has 0 fully saturated rings. The average Bonchev–Trinajstić information content (AvgIpc) is 2.47. The molecule has 0 amide bonds. The van der Waals surface area contributed by atoms with Gasteiger partial charge in [-0.15, -0.1) is 11.8 Å². The first-order valence-electron chi connectivity index (χ1n) is 6.52. The summed E-state index contributed by atoms with van der Waals surface area (Å²) in [6, 6.07) is 0. The zero-order chi connectivity index (χ0) is 17.2. The number of hydrogen-bond acceptors (Lipinski definition) is 5. The zero-order valence-electron chi connectivity index (χ0n) is 13.5. The number of ether oxygens (including phenoxy) is 2. The van der Waals surface area contributed by atoms with Crippen molar-refractivity contribution in [3.05, 3.63) is 0 Å². The summed E-state index contributed by atoms with van der Waals surface area (Å²) in [5.74, 6) is 13.9. The minimum Gasteiger partial charge on any atom is -0.468 e. The summed E-state index contributed by atoms with van der Waals surface area (Å²) in [7, 11) is 2.36. The van der Waals surface area contributed by atoms with Crippen LogP contribution in [-0.4, -0.2) is 36.9 Å². The molecule has 0 saturated heterocycles. The summed E-state index contributed by atoms with van der Waals surface area (Å²) in [4.78, 5) is 24.1. The smallest absolute Gasteiger partial charge is 0.325 e. The fraction of sp³-hybridized carbons (Fsp3) is 0.529. The number of hydrogen-bond donors (Lipinski definition) is 1. The maximum atomic E-state index is 12.0. The van der Waals surface area contributed by atoms with Gasteiger partial charge in [0, 0.05) is 12.8 Å². The van der Waals surface area contributed by atoms with Gasteiger partial charge in [-0.1, -0.05) is 11.8 Å². The molecular formula is C17H20O5. The predicted molar refractivity (Wildman–Crippen MR) is 81.0 cm³/mol. The maximum Gasteiger partial charge on any atom is 0.325 e. The van der Waals surface area contributed by atoms with E-state index in [9.17, 15) is 14.7 Å². The molecule has 0 aromatic rings. The second-order valence-electron chi connectivity index (χ2n) is 4.96. The second-order valence-corrected chi connectivity index (χ2v) is 4.96. The summed E-state index contributed by atoms with van der Waals surface area (Å²) in [6.45, 7) is 4.64. The SMILES string of the molecule is CC#CCC(CC#CC#CC(C)(C)O)(C(=O)OC)C(=O)OC. The quantitative estimate of drug-likeness (QED) is 0.474. The van der Waals surface area contributed by atoms with Gasteiger partial charge in [0.1, 0.15) is 5.60 Å². The minimum atomic E-state index is -1.60. The van der Waals surface area contributed by atoms with Crippen LogP contribution in [0.5, 0.6) is 0 Å². The molecule has 0 aliphatic heterocycles. The van der Waals surface area contributed by atoms with Crippen LogP contribution >= 0.6 is 0 Å². The number of methoxy groups -OCH3 is 2. The summed E-state index contributed by atoms with van der Waals surface area (Å²) >= 11 is 0. The topological polar surface area (TPSA) is 72.8 Å². The lowest BCUT2D eigenvalue weighted by atomic mass is 9.81. The molecule has 0 heterocycles. The van der Waals surface area contributed by atoms with Crippen LogP contribution in [0.1, 0.15) is 33.6 Å². The minimum absolute atomic E-state index is 0.0591. The van der Waals surface area contributed by atoms with E-state index in [2.05, 4.69) is 35.5 Å². The highest BCUT2D eigenvalue weighted by molar-refractivity contribution is 6.00. The van der Waals surface area contributed by atoms with Gasteiger partial charge >= 0.3 is 11.9 Å². The van der Waals surface area contributed by atoms with E-state index < -0.39 is 23.0 Å². The van der Waals surface area contributed by atoms with Gasteiger partial charge in [-0.3, -0.25) is 9.59 Å². The van der Waals surface area contributed by atoms with Gasteiger partial charge in [-0.25, -0.2) is 0 Å². The average molecular weight is 304 g/mol. The molecule has 0 bridgehead atoms. The van der Waals surface area contributed by atoms with Crippen LogP contribution in [0.25, 0.3) is 0 Å². The van der Waals surface area contributed by atoms with Gasteiger partial charge in [0.15, 0.2) is 5.41 Å². The van der Waals surface area contributed by atoms with Crippen LogP contribution in [0.4, 0.5) is 0 Å². The summed E-state index contributed by atoms with van der Waals surface area (Å²) < 4.78 is 9.39. The van der Waals surface area contributed by atoms with Crippen LogP contribution in [0.15, 0.2) is 0 Å². The highest BCUT2D eigenvalue weighted by Crippen LogP contribution is 2.29. The number of carbonyl (C=O) groups is 2. The largest absolute Gasteiger partial charge is 0.468 e. The molecule has 0 unspecified atom stereocenters. The van der Waals surface area contributed by atoms with Crippen LogP contribution in [0, 0.1) is 40.9 Å². The number of esters is 2. The third-order valence-electron chi connectivity index (χ3n) is 2.63. The van der Waals surface area contributed by atoms with Gasteiger partial charge in [0.2, 0.25) is 0 Å². The standard InChI is InChI=1S/C17H20O5/c1-6-7-12-17(14(18)21-4,15(19)22-5)13-10-8-9-11-16(2,3)20/h20H,12-13H2,1-5H3. The van der Waals surface area contributed by atoms with Gasteiger partial charge in [-0.2, -0.15) is 0 Å². The molecule has 0 saturated carbocycles. The molecular weight excluding hydrogens is 284 g/mol. The molecule has 0 aromatic carbocycles. The highest BCUT2D eigenvalue weighted by atomic mass is 16.5. The van der Waals surface area contributed by atoms with Gasteiger partial charge in [0.05, 0.1) is 14.2 Å². The molecule has 0 atom stereocenters. The Bertz CT molecular complexity index is 575. The van der Waals surface area contributed by atoms with Crippen molar-refractivity contribution in [2.45, 2.75) is 39.2 Å². The lowest BCUT2D eigenvalue weighted by Gasteiger charge is -2.23. The molecule has 22 heavy (non-hydrogen) atoms. The first kappa shape index (κ1) is 19.6. The van der Waals surface area contributed by atoms with E-state index in [-0.39, 0.29) is 12.8 Å². The molecule has 5 nitrogen and oxygen atoms in total. The van der Waals surface area contributed by atoms with E-state index in [0.717, 1.165) is 0 Å². The molecule has 0 aliphatic rings. The Morgan fingerprint density at radius 3 is 1.91 bits per heavy atom. The van der Waals surface area contributed by atoms with Crippen LogP contribution in [0.3, 0.4) is 0 Å². The molecule has 0 radical (unpaired) electrons. The Morgan fingerprint density at radius 1 is 1.00 bits per heavy atom. The summed E-state index contributed by atoms with van der Waals surface area (Å²) in [6.07, 6.45) is -0.196. The predicted octanol–water partition coefficient (Wildman–Crippen LogP) is 0.900. The molecule has 0 aliphatic carbocycles. The van der Waals surface area contributed by atoms with E-state index >= 15 is 0 Å². The first-order chi connectivity index (χ1) is 10.2. The Labute approximate surface area is 131 Å². The van der Waals surface area contributed by atoms with Crippen molar-refractivity contribution in [1.29, 1.82) is 0 Å². The van der Waals surface area contributed by atoms with Crippen molar-refractivity contribution in [2.75, 3.05) is 14.2 Å². The van der Waals surface area contributed by atoms with Crippen molar-refractivity contribution >= 4 is 11.9 Å². The number of rotatable bonds is 4. The Hall–Kier alpha value is -2.42. The molecule has 5 heteroatoms. The van der Waals surface area contributed by atoms with Crippen molar-refractivity contribution in [1.82, 2.24) is 0 Å². The van der Waals surface area contributed by atoms with E-state index in [1.165, 1.54) is 28.1 Å². The van der Waals surface area contributed by atoms with Crippen LogP contribution < -0.4 is 0 Å². The lowest BCUT2D eigenvalue weighted by molar-refractivity contribution is -0.168. The van der Waals surface area contributed by atoms with E-state index in [1.807, 2.05) is 0 Å². The van der Waals surface area contributed by atoms with Gasteiger partial charge in [-0.05, 0) is 32.6 Å². The van der Waals surface area contributed by atoms with E-state index in [0.29, 0.717) is 0 Å². The second kappa shape index (κ2) is 8.78. The maximum absolute atomic E-state index is 12.0. The van der Waals surface area contributed by atoms with E-state index in [1.54, 1.807) is 6.92 Å². The van der Waals surface area contributed by atoms with Crippen LogP contribution in [-0.2, 0) is 19.1 Å². The number of carbonyl (C=O) groups excluding carboxylic acids is 2. The highest BCUT2D eigenvalue weighted by Gasteiger charge is 2.47. The lowest BCUT2D eigenvalue weighted by Crippen LogP contribution is -2.40. The fourth-order valence-corrected chi connectivity index (χ4v) is 1.49. The monoisotopic (exact) mass is 304 g/mol. The Morgan fingerprint density at radius 2 is 1.50 bits per heavy atom. The van der Waals surface area contributed by atoms with Crippen LogP contribution in [0.2, 0.25) is 0 Å². The molecule has 0 aromatic heterocycles. The zero-order valence-corrected chi connectivity index (χ0v) is 13.5. The Balaban J connectivity index is 5.51. The van der Waals surface area contributed by atoms with E-state index in [4.69, 9.17) is 9.47 Å². The molecule has 0 spiro atoms. The normalized spacial score (nSPS) is 9.91. The Kier molecular flexibility index (Phi) is 7.81. The third kappa shape index (κ3) is 5.92. The van der Waals surface area contributed by atoms with Crippen molar-refractivity contribution in [3.63, 3.8) is 0 Å². The summed E-state index contributed by atoms with van der Waals surface area (Å²) in [5, 5.41) is 9.44. The van der Waals surface area contributed by atoms with Crippen molar-refractivity contribution in [3.8, 4) is 35.5 Å². The molecule has 0 rings (SSSR count). The van der Waals surface area contributed by atoms with Gasteiger partial charge in [0.25, 0.3) is 0 Å². The first-order valence-corrected chi connectivity index (χ1v) is 6.52. The van der Waals surface area contributed by atoms with Gasteiger partial charge < -0.3 is 14.6 Å².